The molecule has 0 bridgehead atoms. The van der Waals surface area contributed by atoms with E-state index in [-0.39, 0.29) is 17.8 Å². The van der Waals surface area contributed by atoms with E-state index < -0.39 is 17.4 Å². The summed E-state index contributed by atoms with van der Waals surface area (Å²) in [4.78, 5) is 37.0. The number of hydrogen-bond acceptors (Lipinski definition) is 5. The van der Waals surface area contributed by atoms with E-state index in [1.165, 1.54) is 14.2 Å². The first-order valence-corrected chi connectivity index (χ1v) is 8.52. The number of ketones is 1. The SMILES string of the molecule is COC(=O)C1(C(=O)OC)CC2=C(C)[C@H]3CCCC(=O)[C@H]3C=C[C@H]2C1. The van der Waals surface area contributed by atoms with Gasteiger partial charge in [0.25, 0.3) is 0 Å². The lowest BCUT2D eigenvalue weighted by atomic mass is 9.74. The van der Waals surface area contributed by atoms with Crippen LogP contribution in [0.2, 0.25) is 0 Å². The Balaban J connectivity index is 2.02. The highest BCUT2D eigenvalue weighted by atomic mass is 16.5. The number of carbonyl (C=O) groups excluding carboxylic acids is 3. The van der Waals surface area contributed by atoms with Crippen molar-refractivity contribution in [2.24, 2.45) is 23.2 Å². The van der Waals surface area contributed by atoms with E-state index in [0.29, 0.717) is 25.0 Å². The van der Waals surface area contributed by atoms with Gasteiger partial charge in [-0.15, -0.1) is 0 Å². The fourth-order valence-corrected chi connectivity index (χ4v) is 4.71. The maximum atomic E-state index is 12.4. The van der Waals surface area contributed by atoms with Gasteiger partial charge >= 0.3 is 11.9 Å². The van der Waals surface area contributed by atoms with Crippen molar-refractivity contribution in [1.82, 2.24) is 0 Å². The average Bonchev–Trinajstić information content (AvgIpc) is 2.93. The number of rotatable bonds is 2. The van der Waals surface area contributed by atoms with Gasteiger partial charge in [0.15, 0.2) is 5.41 Å². The highest BCUT2D eigenvalue weighted by Gasteiger charge is 2.56. The molecular formula is C19H24O5. The first-order chi connectivity index (χ1) is 11.4. The van der Waals surface area contributed by atoms with Crippen LogP contribution in [0.15, 0.2) is 23.3 Å². The van der Waals surface area contributed by atoms with Crippen molar-refractivity contribution in [3.63, 3.8) is 0 Å². The quantitative estimate of drug-likeness (QED) is 0.442. The molecular weight excluding hydrogens is 308 g/mol. The molecule has 3 rings (SSSR count). The van der Waals surface area contributed by atoms with Gasteiger partial charge in [-0.3, -0.25) is 14.4 Å². The summed E-state index contributed by atoms with van der Waals surface area (Å²) in [6, 6.07) is 0. The van der Waals surface area contributed by atoms with Crippen molar-refractivity contribution in [2.45, 2.75) is 39.0 Å². The average molecular weight is 332 g/mol. The lowest BCUT2D eigenvalue weighted by Crippen LogP contribution is -2.39. The molecule has 5 nitrogen and oxygen atoms in total. The van der Waals surface area contributed by atoms with E-state index >= 15 is 0 Å². The molecule has 24 heavy (non-hydrogen) atoms. The largest absolute Gasteiger partial charge is 0.468 e. The van der Waals surface area contributed by atoms with Gasteiger partial charge in [0.1, 0.15) is 5.78 Å². The number of carbonyl (C=O) groups is 3. The Morgan fingerprint density at radius 1 is 1.17 bits per heavy atom. The third-order valence-corrected chi connectivity index (χ3v) is 6.02. The fraction of sp³-hybridized carbons (Fsp3) is 0.632. The van der Waals surface area contributed by atoms with Crippen LogP contribution < -0.4 is 0 Å². The van der Waals surface area contributed by atoms with Crippen molar-refractivity contribution in [3.05, 3.63) is 23.3 Å². The van der Waals surface area contributed by atoms with Crippen molar-refractivity contribution >= 4 is 17.7 Å². The molecule has 0 heterocycles. The summed E-state index contributed by atoms with van der Waals surface area (Å²) in [6.45, 7) is 2.05. The number of hydrogen-bond donors (Lipinski definition) is 0. The Bertz CT molecular complexity index is 626. The molecule has 3 atom stereocenters. The van der Waals surface area contributed by atoms with E-state index in [2.05, 4.69) is 6.92 Å². The highest BCUT2D eigenvalue weighted by Crippen LogP contribution is 2.52. The molecule has 0 aromatic heterocycles. The Morgan fingerprint density at radius 3 is 2.46 bits per heavy atom. The molecule has 0 aromatic rings. The van der Waals surface area contributed by atoms with Gasteiger partial charge in [-0.2, -0.15) is 0 Å². The summed E-state index contributed by atoms with van der Waals surface area (Å²) in [6.07, 6.45) is 7.22. The second kappa shape index (κ2) is 6.19. The van der Waals surface area contributed by atoms with E-state index in [4.69, 9.17) is 9.47 Å². The topological polar surface area (TPSA) is 69.7 Å². The molecule has 2 fully saturated rings. The van der Waals surface area contributed by atoms with Gasteiger partial charge in [0.2, 0.25) is 0 Å². The molecule has 0 saturated heterocycles. The van der Waals surface area contributed by atoms with Crippen LogP contribution in [0.5, 0.6) is 0 Å². The van der Waals surface area contributed by atoms with Gasteiger partial charge in [0, 0.05) is 12.3 Å². The summed E-state index contributed by atoms with van der Waals surface area (Å²) < 4.78 is 9.83. The molecule has 3 aliphatic rings. The monoisotopic (exact) mass is 332 g/mol. The normalized spacial score (nSPS) is 31.1. The second-order valence-electron chi connectivity index (χ2n) is 7.14. The van der Waals surface area contributed by atoms with Crippen LogP contribution >= 0.6 is 0 Å². The summed E-state index contributed by atoms with van der Waals surface area (Å²) in [5.74, 6) is -0.646. The molecule has 0 spiro atoms. The molecule has 0 aromatic carbocycles. The van der Waals surface area contributed by atoms with Crippen LogP contribution in [-0.2, 0) is 23.9 Å². The number of esters is 2. The van der Waals surface area contributed by atoms with E-state index in [1.54, 1.807) is 0 Å². The van der Waals surface area contributed by atoms with Crippen molar-refractivity contribution in [2.75, 3.05) is 14.2 Å². The zero-order valence-electron chi connectivity index (χ0n) is 14.5. The number of Topliss-reactive ketones (excluding diaryl/α,β-unsaturated/α-hetero) is 1. The maximum Gasteiger partial charge on any atom is 0.323 e. The minimum Gasteiger partial charge on any atom is -0.468 e. The first-order valence-electron chi connectivity index (χ1n) is 8.52. The molecule has 0 aliphatic heterocycles. The Hall–Kier alpha value is -1.91. The third kappa shape index (κ3) is 2.41. The highest BCUT2D eigenvalue weighted by molar-refractivity contribution is 6.01. The van der Waals surface area contributed by atoms with Crippen molar-refractivity contribution in [3.8, 4) is 0 Å². The Morgan fingerprint density at radius 2 is 1.83 bits per heavy atom. The molecule has 0 radical (unpaired) electrons. The van der Waals surface area contributed by atoms with E-state index in [9.17, 15) is 14.4 Å². The van der Waals surface area contributed by atoms with Crippen LogP contribution in [0.4, 0.5) is 0 Å². The number of ether oxygens (including phenoxy) is 2. The summed E-state index contributed by atoms with van der Waals surface area (Å²) >= 11 is 0. The predicted molar refractivity (Wildman–Crippen MR) is 86.9 cm³/mol. The van der Waals surface area contributed by atoms with Gasteiger partial charge in [-0.05, 0) is 44.4 Å². The van der Waals surface area contributed by atoms with Gasteiger partial charge in [0.05, 0.1) is 14.2 Å². The molecule has 0 amide bonds. The second-order valence-corrected chi connectivity index (χ2v) is 7.14. The minimum atomic E-state index is -1.26. The maximum absolute atomic E-state index is 12.4. The van der Waals surface area contributed by atoms with Gasteiger partial charge in [-0.25, -0.2) is 0 Å². The number of methoxy groups -OCH3 is 2. The lowest BCUT2D eigenvalue weighted by molar-refractivity contribution is -0.168. The molecule has 2 saturated carbocycles. The Labute approximate surface area is 142 Å². The molecule has 3 aliphatic carbocycles. The third-order valence-electron chi connectivity index (χ3n) is 6.02. The molecule has 130 valence electrons. The summed E-state index contributed by atoms with van der Waals surface area (Å²) in [5, 5.41) is 0. The zero-order valence-corrected chi connectivity index (χ0v) is 14.5. The van der Waals surface area contributed by atoms with Gasteiger partial charge in [-0.1, -0.05) is 23.3 Å². The van der Waals surface area contributed by atoms with Gasteiger partial charge < -0.3 is 9.47 Å². The van der Waals surface area contributed by atoms with Crippen LogP contribution in [0.1, 0.15) is 39.0 Å². The number of allylic oxidation sites excluding steroid dienone is 4. The van der Waals surface area contributed by atoms with Crippen LogP contribution in [0.25, 0.3) is 0 Å². The zero-order chi connectivity index (χ0) is 17.5. The molecule has 0 N–H and O–H groups in total. The minimum absolute atomic E-state index is 0.0124. The lowest BCUT2D eigenvalue weighted by Gasteiger charge is -2.30. The van der Waals surface area contributed by atoms with Crippen LogP contribution in [0, 0.1) is 23.2 Å². The predicted octanol–water partition coefficient (Wildman–Crippen LogP) is 2.60. The van der Waals surface area contributed by atoms with E-state index in [1.807, 2.05) is 12.2 Å². The first kappa shape index (κ1) is 16.9. The molecule has 5 heteroatoms. The van der Waals surface area contributed by atoms with Crippen LogP contribution in [0.3, 0.4) is 0 Å². The standard InChI is InChI=1S/C19H24O5/c1-11-13-5-4-6-16(20)14(13)8-7-12-9-19(10-15(11)12,17(21)23-2)18(22)24-3/h7-8,12-14H,4-6,9-10H2,1-3H3/t12-,13+,14-/m0/s1. The van der Waals surface area contributed by atoms with Crippen molar-refractivity contribution < 1.29 is 23.9 Å². The van der Waals surface area contributed by atoms with Crippen molar-refractivity contribution in [1.29, 1.82) is 0 Å². The molecule has 0 unspecified atom stereocenters. The fourth-order valence-electron chi connectivity index (χ4n) is 4.71. The Kier molecular flexibility index (Phi) is 4.37. The summed E-state index contributed by atoms with van der Waals surface area (Å²) in [7, 11) is 2.60. The smallest absolute Gasteiger partial charge is 0.323 e. The summed E-state index contributed by atoms with van der Waals surface area (Å²) in [5.41, 5.74) is 1.00. The van der Waals surface area contributed by atoms with E-state index in [0.717, 1.165) is 24.0 Å². The number of fused-ring (bicyclic) bond motifs is 2. The van der Waals surface area contributed by atoms with Crippen LogP contribution in [-0.4, -0.2) is 31.9 Å².